The fourth-order valence-corrected chi connectivity index (χ4v) is 2.68. The van der Waals surface area contributed by atoms with Gasteiger partial charge >= 0.3 is 0 Å². The Morgan fingerprint density at radius 3 is 2.78 bits per heavy atom. The van der Waals surface area contributed by atoms with Crippen molar-refractivity contribution in [3.8, 4) is 0 Å². The van der Waals surface area contributed by atoms with Gasteiger partial charge in [0.25, 0.3) is 5.91 Å². The van der Waals surface area contributed by atoms with Crippen molar-refractivity contribution in [1.82, 2.24) is 19.7 Å². The number of rotatable bonds is 3. The normalized spacial score (nSPS) is 11.0. The molecule has 0 bridgehead atoms. The maximum atomic E-state index is 12.2. The van der Waals surface area contributed by atoms with Crippen molar-refractivity contribution < 1.29 is 4.79 Å². The highest BCUT2D eigenvalue weighted by atomic mass is 16.1. The first-order chi connectivity index (χ1) is 11.3. The maximum Gasteiger partial charge on any atom is 0.253 e. The number of fused-ring (bicyclic) bond motifs is 3. The summed E-state index contributed by atoms with van der Waals surface area (Å²) in [4.78, 5) is 20.8. The molecule has 5 nitrogen and oxygen atoms in total. The van der Waals surface area contributed by atoms with E-state index in [2.05, 4.69) is 14.7 Å². The van der Waals surface area contributed by atoms with Crippen LogP contribution in [0, 0.1) is 0 Å². The SMILES string of the molecule is O=C(NCc1nc2ccccc2n2cccc12)c1cccnc1. The van der Waals surface area contributed by atoms with Gasteiger partial charge in [0.2, 0.25) is 0 Å². The molecule has 1 aromatic carbocycles. The van der Waals surface area contributed by atoms with E-state index in [1.807, 2.05) is 42.6 Å². The van der Waals surface area contributed by atoms with Gasteiger partial charge < -0.3 is 9.72 Å². The van der Waals surface area contributed by atoms with Gasteiger partial charge in [-0.2, -0.15) is 0 Å². The second-order valence-electron chi connectivity index (χ2n) is 5.24. The zero-order valence-corrected chi connectivity index (χ0v) is 12.3. The van der Waals surface area contributed by atoms with Gasteiger partial charge in [-0.25, -0.2) is 4.98 Å². The second kappa shape index (κ2) is 5.53. The Morgan fingerprint density at radius 2 is 1.91 bits per heavy atom. The molecule has 112 valence electrons. The Morgan fingerprint density at radius 1 is 1.04 bits per heavy atom. The minimum absolute atomic E-state index is 0.155. The molecule has 0 spiro atoms. The number of para-hydroxylation sites is 2. The Kier molecular flexibility index (Phi) is 3.24. The summed E-state index contributed by atoms with van der Waals surface area (Å²) in [5.41, 5.74) is 4.33. The zero-order chi connectivity index (χ0) is 15.6. The summed E-state index contributed by atoms with van der Waals surface area (Å²) >= 11 is 0. The van der Waals surface area contributed by atoms with Gasteiger partial charge in [-0.05, 0) is 36.4 Å². The average Bonchev–Trinajstić information content (AvgIpc) is 3.10. The molecule has 5 heteroatoms. The van der Waals surface area contributed by atoms with Crippen LogP contribution in [0.2, 0.25) is 0 Å². The number of nitrogens with one attached hydrogen (secondary N) is 1. The highest BCUT2D eigenvalue weighted by Crippen LogP contribution is 2.18. The molecule has 0 radical (unpaired) electrons. The summed E-state index contributed by atoms with van der Waals surface area (Å²) in [6.07, 6.45) is 5.20. The second-order valence-corrected chi connectivity index (χ2v) is 5.24. The van der Waals surface area contributed by atoms with Crippen LogP contribution in [-0.2, 0) is 6.54 Å². The molecule has 0 aliphatic carbocycles. The first-order valence-corrected chi connectivity index (χ1v) is 7.36. The summed E-state index contributed by atoms with van der Waals surface area (Å²) in [6.45, 7) is 0.367. The van der Waals surface area contributed by atoms with Crippen molar-refractivity contribution in [2.75, 3.05) is 0 Å². The monoisotopic (exact) mass is 302 g/mol. The molecule has 0 atom stereocenters. The van der Waals surface area contributed by atoms with Gasteiger partial charge in [0, 0.05) is 18.6 Å². The van der Waals surface area contributed by atoms with E-state index in [-0.39, 0.29) is 5.91 Å². The van der Waals surface area contributed by atoms with Gasteiger partial charge in [0.05, 0.1) is 34.4 Å². The average molecular weight is 302 g/mol. The highest BCUT2D eigenvalue weighted by molar-refractivity contribution is 5.93. The molecule has 1 N–H and O–H groups in total. The topological polar surface area (TPSA) is 59.3 Å². The smallest absolute Gasteiger partial charge is 0.253 e. The summed E-state index contributed by atoms with van der Waals surface area (Å²) in [7, 11) is 0. The van der Waals surface area contributed by atoms with Crippen molar-refractivity contribution >= 4 is 22.5 Å². The largest absolute Gasteiger partial charge is 0.346 e. The van der Waals surface area contributed by atoms with E-state index >= 15 is 0 Å². The Hall–Kier alpha value is -3.21. The summed E-state index contributed by atoms with van der Waals surface area (Å²) in [6, 6.07) is 15.4. The molecule has 0 saturated carbocycles. The zero-order valence-electron chi connectivity index (χ0n) is 12.3. The lowest BCUT2D eigenvalue weighted by atomic mass is 10.2. The van der Waals surface area contributed by atoms with Crippen molar-refractivity contribution in [2.24, 2.45) is 0 Å². The lowest BCUT2D eigenvalue weighted by molar-refractivity contribution is 0.0950. The quantitative estimate of drug-likeness (QED) is 0.633. The van der Waals surface area contributed by atoms with Crippen LogP contribution in [0.4, 0.5) is 0 Å². The van der Waals surface area contributed by atoms with E-state index in [4.69, 9.17) is 4.98 Å². The van der Waals surface area contributed by atoms with E-state index in [0.29, 0.717) is 12.1 Å². The lowest BCUT2D eigenvalue weighted by Gasteiger charge is -2.09. The number of benzene rings is 1. The molecular formula is C18H14N4O. The summed E-state index contributed by atoms with van der Waals surface area (Å²) in [5.74, 6) is -0.155. The number of amides is 1. The first kappa shape index (κ1) is 13.5. The predicted molar refractivity (Wildman–Crippen MR) is 88.1 cm³/mol. The molecule has 3 aromatic heterocycles. The number of pyridine rings is 1. The van der Waals surface area contributed by atoms with E-state index in [0.717, 1.165) is 22.2 Å². The molecule has 0 saturated heterocycles. The third kappa shape index (κ3) is 2.42. The van der Waals surface area contributed by atoms with Crippen LogP contribution in [0.25, 0.3) is 16.6 Å². The lowest BCUT2D eigenvalue weighted by Crippen LogP contribution is -2.23. The van der Waals surface area contributed by atoms with Crippen LogP contribution in [-0.4, -0.2) is 20.3 Å². The molecule has 4 rings (SSSR count). The van der Waals surface area contributed by atoms with Crippen molar-refractivity contribution in [1.29, 1.82) is 0 Å². The summed E-state index contributed by atoms with van der Waals surface area (Å²) < 4.78 is 2.09. The predicted octanol–water partition coefficient (Wildman–Crippen LogP) is 2.81. The molecule has 0 aliphatic rings. The maximum absolute atomic E-state index is 12.2. The molecule has 0 aliphatic heterocycles. The van der Waals surface area contributed by atoms with E-state index in [9.17, 15) is 4.79 Å². The molecule has 0 fully saturated rings. The minimum Gasteiger partial charge on any atom is -0.346 e. The number of aromatic nitrogens is 3. The number of nitrogens with zero attached hydrogens (tertiary/aromatic N) is 3. The van der Waals surface area contributed by atoms with Crippen LogP contribution in [0.1, 0.15) is 16.1 Å². The minimum atomic E-state index is -0.155. The highest BCUT2D eigenvalue weighted by Gasteiger charge is 2.10. The van der Waals surface area contributed by atoms with E-state index < -0.39 is 0 Å². The number of carbonyl (C=O) groups excluding carboxylic acids is 1. The van der Waals surface area contributed by atoms with Crippen LogP contribution < -0.4 is 5.32 Å². The van der Waals surface area contributed by atoms with E-state index in [1.165, 1.54) is 0 Å². The molecule has 0 unspecified atom stereocenters. The first-order valence-electron chi connectivity index (χ1n) is 7.36. The van der Waals surface area contributed by atoms with Gasteiger partial charge in [0.1, 0.15) is 0 Å². The van der Waals surface area contributed by atoms with Crippen LogP contribution in [0.3, 0.4) is 0 Å². The Balaban J connectivity index is 1.68. The third-order valence-corrected chi connectivity index (χ3v) is 3.78. The Bertz CT molecular complexity index is 992. The number of carbonyl (C=O) groups is 1. The third-order valence-electron chi connectivity index (χ3n) is 3.78. The Labute approximate surface area is 132 Å². The van der Waals surface area contributed by atoms with Crippen molar-refractivity contribution in [3.63, 3.8) is 0 Å². The molecule has 23 heavy (non-hydrogen) atoms. The van der Waals surface area contributed by atoms with Crippen LogP contribution in [0.15, 0.2) is 67.1 Å². The van der Waals surface area contributed by atoms with Gasteiger partial charge in [-0.1, -0.05) is 12.1 Å². The summed E-state index contributed by atoms with van der Waals surface area (Å²) in [5, 5.41) is 2.91. The van der Waals surface area contributed by atoms with Gasteiger partial charge in [-0.3, -0.25) is 9.78 Å². The molecule has 4 aromatic rings. The van der Waals surface area contributed by atoms with Crippen molar-refractivity contribution in [3.05, 3.63) is 78.4 Å². The van der Waals surface area contributed by atoms with Crippen LogP contribution >= 0.6 is 0 Å². The van der Waals surface area contributed by atoms with Gasteiger partial charge in [0.15, 0.2) is 0 Å². The standard InChI is InChI=1S/C18H14N4O/c23-18(13-5-3-9-19-11-13)20-12-15-17-8-4-10-22(17)16-7-2-1-6-14(16)21-15/h1-11H,12H2,(H,20,23). The number of hydrogen-bond acceptors (Lipinski definition) is 3. The van der Waals surface area contributed by atoms with Gasteiger partial charge in [-0.15, -0.1) is 0 Å². The van der Waals surface area contributed by atoms with Crippen LogP contribution in [0.5, 0.6) is 0 Å². The molecule has 3 heterocycles. The molecular weight excluding hydrogens is 288 g/mol. The van der Waals surface area contributed by atoms with Crippen molar-refractivity contribution in [2.45, 2.75) is 6.54 Å². The van der Waals surface area contributed by atoms with E-state index in [1.54, 1.807) is 24.5 Å². The fourth-order valence-electron chi connectivity index (χ4n) is 2.68. The number of hydrogen-bond donors (Lipinski definition) is 1. The fraction of sp³-hybridized carbons (Fsp3) is 0.0556. The molecule has 1 amide bonds.